The summed E-state index contributed by atoms with van der Waals surface area (Å²) in [6.07, 6.45) is 62.5. The first-order valence-electron chi connectivity index (χ1n) is 42.9. The Bertz CT molecular complexity index is 1980. The number of unbranched alkanes of at least 4 members (excludes halogenated alkanes) is 48. The minimum atomic E-state index is -4.96. The standard InChI is InChI=1S/C83H162O17P2/c1-8-10-11-12-13-14-15-16-17-18-19-20-21-22-23-24-25-30-36-45-52-59-66-82(87)99-78(70-93-80(85)64-57-50-43-35-29-27-26-28-33-40-47-54-61-74(3)4)72-97-101(89,90)95-68-77(84)69-96-102(91,92)98-73-79(71-94-81(86)65-58-51-44-39-38-42-49-56-63-76(7)9-2)100-83(88)67-60-53-46-37-32-31-34-41-48-55-62-75(5)6/h74-79,84H,8-73H2,1-7H3,(H,89,90)(H,91,92)/t76?,77-,78-,79-/m1/s1. The van der Waals surface area contributed by atoms with Crippen LogP contribution in [0, 0.1) is 17.8 Å². The van der Waals surface area contributed by atoms with Gasteiger partial charge in [0.1, 0.15) is 19.3 Å². The Morgan fingerprint density at radius 2 is 0.500 bits per heavy atom. The summed E-state index contributed by atoms with van der Waals surface area (Å²) in [4.78, 5) is 73.1. The number of esters is 4. The molecule has 0 amide bonds. The van der Waals surface area contributed by atoms with Crippen molar-refractivity contribution in [2.24, 2.45) is 17.8 Å². The maximum atomic E-state index is 13.1. The Balaban J connectivity index is 5.23. The first-order valence-corrected chi connectivity index (χ1v) is 45.9. The van der Waals surface area contributed by atoms with E-state index in [2.05, 4.69) is 48.5 Å². The molecule has 3 N–H and O–H groups in total. The van der Waals surface area contributed by atoms with Crippen molar-refractivity contribution in [2.75, 3.05) is 39.6 Å². The van der Waals surface area contributed by atoms with Crippen LogP contribution in [0.5, 0.6) is 0 Å². The fraction of sp³-hybridized carbons (Fsp3) is 0.952. The minimum Gasteiger partial charge on any atom is -0.462 e. The van der Waals surface area contributed by atoms with Crippen molar-refractivity contribution in [3.05, 3.63) is 0 Å². The van der Waals surface area contributed by atoms with E-state index in [0.717, 1.165) is 108 Å². The van der Waals surface area contributed by atoms with Crippen LogP contribution in [0.4, 0.5) is 0 Å². The molecular formula is C83H162O17P2. The lowest BCUT2D eigenvalue weighted by Crippen LogP contribution is -2.30. The highest BCUT2D eigenvalue weighted by Gasteiger charge is 2.30. The van der Waals surface area contributed by atoms with Gasteiger partial charge in [0.05, 0.1) is 26.4 Å². The van der Waals surface area contributed by atoms with Crippen molar-refractivity contribution in [1.82, 2.24) is 0 Å². The van der Waals surface area contributed by atoms with Crippen molar-refractivity contribution in [1.29, 1.82) is 0 Å². The summed E-state index contributed by atoms with van der Waals surface area (Å²) in [5.41, 5.74) is 0. The van der Waals surface area contributed by atoms with Crippen LogP contribution in [0.25, 0.3) is 0 Å². The number of phosphoric acid groups is 2. The van der Waals surface area contributed by atoms with Crippen molar-refractivity contribution in [2.45, 2.75) is 452 Å². The number of hydrogen-bond donors (Lipinski definition) is 3. The van der Waals surface area contributed by atoms with E-state index in [4.69, 9.17) is 37.0 Å². The summed E-state index contributed by atoms with van der Waals surface area (Å²) >= 11 is 0. The Labute approximate surface area is 626 Å². The number of hydrogen-bond acceptors (Lipinski definition) is 15. The molecule has 0 heterocycles. The third-order valence-corrected chi connectivity index (χ3v) is 21.6. The van der Waals surface area contributed by atoms with Gasteiger partial charge in [-0.2, -0.15) is 0 Å². The fourth-order valence-electron chi connectivity index (χ4n) is 12.8. The van der Waals surface area contributed by atoms with Crippen LogP contribution in [0.1, 0.15) is 434 Å². The Hall–Kier alpha value is -1.94. The van der Waals surface area contributed by atoms with Crippen LogP contribution < -0.4 is 0 Å². The van der Waals surface area contributed by atoms with Gasteiger partial charge in [0, 0.05) is 25.7 Å². The van der Waals surface area contributed by atoms with E-state index in [1.54, 1.807) is 0 Å². The Kier molecular flexibility index (Phi) is 71.8. The molecule has 0 fully saturated rings. The molecule has 0 aliphatic rings. The maximum Gasteiger partial charge on any atom is 0.472 e. The highest BCUT2D eigenvalue weighted by Crippen LogP contribution is 2.45. The second-order valence-corrected chi connectivity index (χ2v) is 34.0. The van der Waals surface area contributed by atoms with Crippen molar-refractivity contribution in [3.8, 4) is 0 Å². The van der Waals surface area contributed by atoms with Crippen LogP contribution in [-0.4, -0.2) is 96.7 Å². The van der Waals surface area contributed by atoms with Crippen LogP contribution >= 0.6 is 15.6 Å². The third kappa shape index (κ3) is 74.9. The van der Waals surface area contributed by atoms with Gasteiger partial charge in [-0.1, -0.05) is 382 Å². The van der Waals surface area contributed by atoms with Crippen LogP contribution in [0.3, 0.4) is 0 Å². The molecule has 0 aromatic heterocycles. The van der Waals surface area contributed by atoms with E-state index < -0.39 is 97.5 Å². The molecule has 102 heavy (non-hydrogen) atoms. The molecule has 0 saturated carbocycles. The number of ether oxygens (including phenoxy) is 4. The number of carbonyl (C=O) groups excluding carboxylic acids is 4. The fourth-order valence-corrected chi connectivity index (χ4v) is 14.4. The van der Waals surface area contributed by atoms with Gasteiger partial charge < -0.3 is 33.8 Å². The second-order valence-electron chi connectivity index (χ2n) is 31.1. The van der Waals surface area contributed by atoms with Gasteiger partial charge >= 0.3 is 39.5 Å². The van der Waals surface area contributed by atoms with E-state index in [1.165, 1.54) is 244 Å². The summed E-state index contributed by atoms with van der Waals surface area (Å²) in [7, 11) is -9.92. The highest BCUT2D eigenvalue weighted by atomic mass is 31.2. The van der Waals surface area contributed by atoms with Crippen LogP contribution in [0.2, 0.25) is 0 Å². The molecular weight excluding hydrogens is 1330 g/mol. The zero-order valence-corrected chi connectivity index (χ0v) is 68.9. The number of aliphatic hydroxyl groups excluding tert-OH is 1. The molecule has 0 aromatic carbocycles. The van der Waals surface area contributed by atoms with Crippen molar-refractivity contribution in [3.63, 3.8) is 0 Å². The van der Waals surface area contributed by atoms with E-state index in [9.17, 15) is 43.2 Å². The average molecular weight is 1490 g/mol. The molecule has 0 rings (SSSR count). The van der Waals surface area contributed by atoms with Gasteiger partial charge in [-0.15, -0.1) is 0 Å². The Morgan fingerprint density at radius 1 is 0.284 bits per heavy atom. The summed E-state index contributed by atoms with van der Waals surface area (Å²) < 4.78 is 68.8. The number of carbonyl (C=O) groups is 4. The normalized spacial score (nSPS) is 14.2. The SMILES string of the molecule is CCCCCCCCCCCCCCCCCCCCCCCCC(=O)O[C@H](COC(=O)CCCCCCCCCCCCCCC(C)C)COP(=O)(O)OC[C@@H](O)COP(=O)(O)OC[C@@H](COC(=O)CCCCCCCCCCC(C)CC)OC(=O)CCCCCCCCCCCCC(C)C. The first kappa shape index (κ1) is 100. The molecule has 3 unspecified atom stereocenters. The molecule has 19 heteroatoms. The topological polar surface area (TPSA) is 237 Å². The van der Waals surface area contributed by atoms with Crippen LogP contribution in [0.15, 0.2) is 0 Å². The van der Waals surface area contributed by atoms with Gasteiger partial charge in [0.25, 0.3) is 0 Å². The lowest BCUT2D eigenvalue weighted by Gasteiger charge is -2.21. The summed E-state index contributed by atoms with van der Waals surface area (Å²) in [5, 5.41) is 10.7. The monoisotopic (exact) mass is 1490 g/mol. The average Bonchev–Trinajstić information content (AvgIpc) is 0.913. The van der Waals surface area contributed by atoms with E-state index in [1.807, 2.05) is 0 Å². The van der Waals surface area contributed by atoms with E-state index in [0.29, 0.717) is 25.7 Å². The lowest BCUT2D eigenvalue weighted by atomic mass is 9.99. The summed E-state index contributed by atoms with van der Waals surface area (Å²) in [6.45, 7) is 12.0. The molecule has 6 atom stereocenters. The largest absolute Gasteiger partial charge is 0.472 e. The van der Waals surface area contributed by atoms with Crippen LogP contribution in [-0.2, 0) is 65.4 Å². The molecule has 0 aromatic rings. The lowest BCUT2D eigenvalue weighted by molar-refractivity contribution is -0.161. The van der Waals surface area contributed by atoms with Crippen molar-refractivity contribution >= 4 is 39.5 Å². The molecule has 0 bridgehead atoms. The van der Waals surface area contributed by atoms with E-state index >= 15 is 0 Å². The zero-order valence-electron chi connectivity index (χ0n) is 67.1. The molecule has 0 spiro atoms. The number of rotatable bonds is 81. The predicted molar refractivity (Wildman–Crippen MR) is 418 cm³/mol. The van der Waals surface area contributed by atoms with E-state index in [-0.39, 0.29) is 25.7 Å². The molecule has 0 radical (unpaired) electrons. The molecule has 17 nitrogen and oxygen atoms in total. The summed E-state index contributed by atoms with van der Waals surface area (Å²) in [5.74, 6) is 0.201. The minimum absolute atomic E-state index is 0.106. The Morgan fingerprint density at radius 3 is 0.745 bits per heavy atom. The van der Waals surface area contributed by atoms with Gasteiger partial charge in [-0.3, -0.25) is 37.3 Å². The molecule has 606 valence electrons. The van der Waals surface area contributed by atoms with Gasteiger partial charge in [0.15, 0.2) is 12.2 Å². The zero-order chi connectivity index (χ0) is 75.1. The van der Waals surface area contributed by atoms with Gasteiger partial charge in [0.2, 0.25) is 0 Å². The maximum absolute atomic E-state index is 13.1. The first-order chi connectivity index (χ1) is 49.3. The third-order valence-electron chi connectivity index (χ3n) is 19.7. The molecule has 0 aliphatic heterocycles. The number of phosphoric ester groups is 2. The summed E-state index contributed by atoms with van der Waals surface area (Å²) in [6, 6.07) is 0. The second kappa shape index (κ2) is 73.2. The number of aliphatic hydroxyl groups is 1. The highest BCUT2D eigenvalue weighted by molar-refractivity contribution is 7.47. The quantitative estimate of drug-likeness (QED) is 0.0222. The molecule has 0 aliphatic carbocycles. The smallest absolute Gasteiger partial charge is 0.462 e. The molecule has 0 saturated heterocycles. The predicted octanol–water partition coefficient (Wildman–Crippen LogP) is 24.9. The van der Waals surface area contributed by atoms with Gasteiger partial charge in [-0.05, 0) is 43.4 Å². The van der Waals surface area contributed by atoms with Gasteiger partial charge in [-0.25, -0.2) is 9.13 Å². The van der Waals surface area contributed by atoms with Crippen molar-refractivity contribution < 1.29 is 80.2 Å².